The summed E-state index contributed by atoms with van der Waals surface area (Å²) in [6, 6.07) is -10.5. The molecule has 17 heteroatoms. The molecule has 0 aliphatic carbocycles. The van der Waals surface area contributed by atoms with Crippen molar-refractivity contribution in [3.63, 3.8) is 0 Å². The Bertz CT molecular complexity index is 563. The van der Waals surface area contributed by atoms with Gasteiger partial charge in [0.15, 0.2) is 0 Å². The van der Waals surface area contributed by atoms with Crippen LogP contribution in [0, 0.1) is 0 Å². The first kappa shape index (κ1) is 21.5. The maximum atomic E-state index is 13.8. The van der Waals surface area contributed by atoms with Gasteiger partial charge in [-0.25, -0.2) is 0 Å². The molecule has 3 atom stereocenters. The predicted molar refractivity (Wildman–Crippen MR) is 42.2 cm³/mol. The Balaban J connectivity index is 3.65. The van der Waals surface area contributed by atoms with Crippen LogP contribution in [0.3, 0.4) is 0 Å². The molecule has 1 saturated heterocycles. The van der Waals surface area contributed by atoms with Gasteiger partial charge in [0.25, 0.3) is 0 Å². The number of halogens is 14. The van der Waals surface area contributed by atoms with E-state index in [4.69, 9.17) is 0 Å². The van der Waals surface area contributed by atoms with Gasteiger partial charge in [0.2, 0.25) is 0 Å². The second-order valence-corrected chi connectivity index (χ2v) is 4.08. The summed E-state index contributed by atoms with van der Waals surface area (Å²) in [6.45, 7) is 0. The van der Waals surface area contributed by atoms with Crippen molar-refractivity contribution in [2.75, 3.05) is 0 Å². The Labute approximate surface area is 125 Å². The molecule has 1 heterocycles. The molecule has 148 valence electrons. The van der Waals surface area contributed by atoms with Crippen LogP contribution in [0.2, 0.25) is 0 Å². The first-order chi connectivity index (χ1) is 10.7. The van der Waals surface area contributed by atoms with E-state index in [0.717, 1.165) is 0 Å². The van der Waals surface area contributed by atoms with Crippen LogP contribution in [0.25, 0.3) is 0 Å². The van der Waals surface area contributed by atoms with Gasteiger partial charge in [0.1, 0.15) is 0 Å². The minimum absolute atomic E-state index is 1.88. The van der Waals surface area contributed by atoms with E-state index in [-0.39, 0.29) is 0 Å². The zero-order valence-corrected chi connectivity index (χ0v) is 10.5. The van der Waals surface area contributed by atoms with E-state index in [2.05, 4.69) is 4.74 Å². The van der Waals surface area contributed by atoms with Crippen LogP contribution in [-0.2, 0) is 14.2 Å². The second-order valence-electron chi connectivity index (χ2n) is 4.08. The molecule has 1 aliphatic rings. The predicted octanol–water partition coefficient (Wildman–Crippen LogP) is 4.76. The van der Waals surface area contributed by atoms with Crippen molar-refractivity contribution in [3.8, 4) is 0 Å². The van der Waals surface area contributed by atoms with E-state index >= 15 is 0 Å². The summed E-state index contributed by atoms with van der Waals surface area (Å²) in [5, 5.41) is 0. The zero-order valence-electron chi connectivity index (χ0n) is 10.5. The van der Waals surface area contributed by atoms with Gasteiger partial charge in [-0.15, -0.1) is 0 Å². The van der Waals surface area contributed by atoms with Gasteiger partial charge in [0, 0.05) is 0 Å². The Morgan fingerprint density at radius 3 is 1.40 bits per heavy atom. The summed E-state index contributed by atoms with van der Waals surface area (Å²) in [7, 11) is 0. The SMILES string of the molecule is FC(F)=C(F)OC1(F)OC(F)(C(F)(F)F)C(F)(F)OC1(F)C(F)(F)F. The van der Waals surface area contributed by atoms with Crippen molar-refractivity contribution in [2.45, 2.75) is 36.2 Å². The molecule has 0 radical (unpaired) electrons. The Hall–Kier alpha value is -1.52. The molecule has 3 unspecified atom stereocenters. The van der Waals surface area contributed by atoms with Crippen molar-refractivity contribution in [3.05, 3.63) is 12.1 Å². The van der Waals surface area contributed by atoms with Crippen LogP contribution >= 0.6 is 0 Å². The topological polar surface area (TPSA) is 27.7 Å². The maximum absolute atomic E-state index is 13.8. The molecule has 1 rings (SSSR count). The van der Waals surface area contributed by atoms with Crippen LogP contribution in [0.4, 0.5) is 61.5 Å². The lowest BCUT2D eigenvalue weighted by molar-refractivity contribution is -0.631. The summed E-state index contributed by atoms with van der Waals surface area (Å²) in [6.07, 6.45) is -25.1. The molecule has 3 nitrogen and oxygen atoms in total. The van der Waals surface area contributed by atoms with E-state index in [1.165, 1.54) is 0 Å². The average molecular weight is 410 g/mol. The first-order valence-corrected chi connectivity index (χ1v) is 5.12. The largest absolute Gasteiger partial charge is 0.459 e. The fraction of sp³-hybridized carbons (Fsp3) is 0.750. The molecule has 25 heavy (non-hydrogen) atoms. The van der Waals surface area contributed by atoms with E-state index in [1.807, 2.05) is 9.47 Å². The van der Waals surface area contributed by atoms with Crippen LogP contribution in [-0.4, -0.2) is 36.2 Å². The van der Waals surface area contributed by atoms with Gasteiger partial charge in [-0.05, 0) is 0 Å². The van der Waals surface area contributed by atoms with Crippen LogP contribution < -0.4 is 0 Å². The number of alkyl halides is 11. The summed E-state index contributed by atoms with van der Waals surface area (Å²) in [5.41, 5.74) is 0. The van der Waals surface area contributed by atoms with Gasteiger partial charge in [-0.3, -0.25) is 9.47 Å². The fourth-order valence-corrected chi connectivity index (χ4v) is 1.30. The molecule has 0 aromatic rings. The smallest absolute Gasteiger partial charge is 0.401 e. The minimum Gasteiger partial charge on any atom is -0.401 e. The van der Waals surface area contributed by atoms with Gasteiger partial charge in [-0.2, -0.15) is 61.5 Å². The van der Waals surface area contributed by atoms with Crippen molar-refractivity contribution in [1.82, 2.24) is 0 Å². The van der Waals surface area contributed by atoms with Crippen molar-refractivity contribution in [1.29, 1.82) is 0 Å². The van der Waals surface area contributed by atoms with E-state index in [1.54, 1.807) is 0 Å². The second kappa shape index (κ2) is 5.49. The van der Waals surface area contributed by atoms with Crippen LogP contribution in [0.15, 0.2) is 12.1 Å². The third-order valence-electron chi connectivity index (χ3n) is 2.40. The molecule has 1 fully saturated rings. The molecule has 0 bridgehead atoms. The third-order valence-corrected chi connectivity index (χ3v) is 2.40. The third kappa shape index (κ3) is 3.06. The van der Waals surface area contributed by atoms with Crippen LogP contribution in [0.1, 0.15) is 0 Å². The van der Waals surface area contributed by atoms with E-state index < -0.39 is 48.3 Å². The number of hydrogen-bond donors (Lipinski definition) is 0. The van der Waals surface area contributed by atoms with Crippen molar-refractivity contribution < 1.29 is 75.7 Å². The quantitative estimate of drug-likeness (QED) is 0.486. The maximum Gasteiger partial charge on any atom is 0.459 e. The van der Waals surface area contributed by atoms with Gasteiger partial charge in [-0.1, -0.05) is 0 Å². The van der Waals surface area contributed by atoms with Crippen molar-refractivity contribution in [2.24, 2.45) is 0 Å². The van der Waals surface area contributed by atoms with Crippen LogP contribution in [0.5, 0.6) is 0 Å². The molecule has 0 spiro atoms. The molecule has 1 aliphatic heterocycles. The molecule has 0 aromatic carbocycles. The molecule has 0 saturated carbocycles. The molecular formula is C8F14O3. The van der Waals surface area contributed by atoms with E-state index in [9.17, 15) is 61.5 Å². The lowest BCUT2D eigenvalue weighted by Crippen LogP contribution is -2.76. The van der Waals surface area contributed by atoms with E-state index in [0.29, 0.717) is 0 Å². The molecule has 0 N–H and O–H groups in total. The Morgan fingerprint density at radius 1 is 0.680 bits per heavy atom. The Kier molecular flexibility index (Phi) is 4.72. The number of hydrogen-bond acceptors (Lipinski definition) is 3. The van der Waals surface area contributed by atoms with Gasteiger partial charge < -0.3 is 4.74 Å². The highest BCUT2D eigenvalue weighted by atomic mass is 19.4. The lowest BCUT2D eigenvalue weighted by Gasteiger charge is -2.48. The number of rotatable bonds is 2. The Morgan fingerprint density at radius 2 is 1.08 bits per heavy atom. The van der Waals surface area contributed by atoms with Gasteiger partial charge >= 0.3 is 48.3 Å². The summed E-state index contributed by atoms with van der Waals surface area (Å²) < 4.78 is 183. The average Bonchev–Trinajstić information content (AvgIpc) is 2.33. The van der Waals surface area contributed by atoms with Crippen molar-refractivity contribution >= 4 is 0 Å². The molecule has 0 aromatic heterocycles. The summed E-state index contributed by atoms with van der Waals surface area (Å²) in [4.78, 5) is 0. The minimum atomic E-state index is -7.15. The standard InChI is InChI=1S/C8F14O3/c9-1(10)2(11)23-8(22)4(13,6(17,18)19)24-7(20,21)3(12,25-8)5(14,15)16. The summed E-state index contributed by atoms with van der Waals surface area (Å²) >= 11 is 0. The number of ether oxygens (including phenoxy) is 3. The highest BCUT2D eigenvalue weighted by Gasteiger charge is 2.91. The highest BCUT2D eigenvalue weighted by Crippen LogP contribution is 2.61. The highest BCUT2D eigenvalue weighted by molar-refractivity contribution is 5.02. The fourth-order valence-electron chi connectivity index (χ4n) is 1.30. The summed E-state index contributed by atoms with van der Waals surface area (Å²) in [5.74, 6) is -13.8. The molecule has 0 amide bonds. The monoisotopic (exact) mass is 410 g/mol. The molecular weight excluding hydrogens is 410 g/mol. The zero-order chi connectivity index (χ0) is 20.3. The normalized spacial score (nSPS) is 36.1. The lowest BCUT2D eigenvalue weighted by atomic mass is 10.1. The van der Waals surface area contributed by atoms with Gasteiger partial charge in [0.05, 0.1) is 0 Å². The first-order valence-electron chi connectivity index (χ1n) is 5.12.